The number of fused-ring (bicyclic) bond motifs is 1. The summed E-state index contributed by atoms with van der Waals surface area (Å²) in [5.74, 6) is 0.813. The highest BCUT2D eigenvalue weighted by molar-refractivity contribution is 5.78. The molecule has 0 bridgehead atoms. The summed E-state index contributed by atoms with van der Waals surface area (Å²) in [6.07, 6.45) is 8.01. The number of ether oxygens (including phenoxy) is 1. The normalized spacial score (nSPS) is 19.3. The molecule has 0 amide bonds. The van der Waals surface area contributed by atoms with Gasteiger partial charge in [-0.25, -0.2) is 9.78 Å². The second-order valence-electron chi connectivity index (χ2n) is 7.42. The van der Waals surface area contributed by atoms with Crippen molar-refractivity contribution in [2.24, 2.45) is 7.05 Å². The van der Waals surface area contributed by atoms with Gasteiger partial charge < -0.3 is 14.4 Å². The molecule has 0 unspecified atom stereocenters. The van der Waals surface area contributed by atoms with Crippen molar-refractivity contribution in [2.45, 2.75) is 44.2 Å². The molecule has 1 aromatic heterocycles. The van der Waals surface area contributed by atoms with Gasteiger partial charge in [0.25, 0.3) is 0 Å². The molecule has 1 aliphatic heterocycles. The number of likely N-dealkylation sites (tertiary alicyclic amines) is 1. The van der Waals surface area contributed by atoms with Gasteiger partial charge in [0, 0.05) is 45.4 Å². The number of aliphatic carboxylic acids is 1. The molecular weight excluding hydrogens is 330 g/mol. The lowest BCUT2D eigenvalue weighted by Crippen LogP contribution is -2.53. The molecule has 1 aromatic carbocycles. The fourth-order valence-electron chi connectivity index (χ4n) is 4.02. The Morgan fingerprint density at radius 1 is 1.27 bits per heavy atom. The number of carboxylic acid groups (broad SMARTS) is 1. The van der Waals surface area contributed by atoms with Gasteiger partial charge in [0.1, 0.15) is 11.6 Å². The van der Waals surface area contributed by atoms with Crippen molar-refractivity contribution in [1.82, 2.24) is 14.5 Å². The third kappa shape index (κ3) is 3.21. The number of benzene rings is 1. The van der Waals surface area contributed by atoms with E-state index in [0.717, 1.165) is 25.2 Å². The molecule has 4 rings (SSSR count). The molecule has 2 aliphatic rings. The lowest BCUT2D eigenvalue weighted by Gasteiger charge is -2.38. The summed E-state index contributed by atoms with van der Waals surface area (Å²) in [5, 5.41) is 9.87. The molecule has 0 spiro atoms. The first-order valence-electron chi connectivity index (χ1n) is 9.28. The minimum atomic E-state index is -1.13. The molecule has 6 heteroatoms. The van der Waals surface area contributed by atoms with E-state index in [4.69, 9.17) is 4.74 Å². The van der Waals surface area contributed by atoms with Crippen LogP contribution in [0.1, 0.15) is 36.2 Å². The fraction of sp³-hybridized carbons (Fsp3) is 0.500. The van der Waals surface area contributed by atoms with Crippen molar-refractivity contribution in [1.29, 1.82) is 0 Å². The first-order chi connectivity index (χ1) is 12.6. The number of carboxylic acids is 1. The van der Waals surface area contributed by atoms with E-state index in [2.05, 4.69) is 16.0 Å². The van der Waals surface area contributed by atoms with E-state index >= 15 is 0 Å². The maximum Gasteiger partial charge on any atom is 0.348 e. The van der Waals surface area contributed by atoms with Crippen LogP contribution in [0.2, 0.25) is 0 Å². The van der Waals surface area contributed by atoms with Crippen LogP contribution in [0, 0.1) is 0 Å². The quantitative estimate of drug-likeness (QED) is 0.892. The zero-order valence-corrected chi connectivity index (χ0v) is 15.1. The monoisotopic (exact) mass is 355 g/mol. The van der Waals surface area contributed by atoms with Crippen LogP contribution < -0.4 is 4.74 Å². The summed E-state index contributed by atoms with van der Waals surface area (Å²) in [6.45, 7) is 2.10. The predicted molar refractivity (Wildman–Crippen MR) is 97.2 cm³/mol. The average molecular weight is 355 g/mol. The lowest BCUT2D eigenvalue weighted by atomic mass is 9.91. The lowest BCUT2D eigenvalue weighted by molar-refractivity contribution is -0.159. The molecule has 0 radical (unpaired) electrons. The van der Waals surface area contributed by atoms with Crippen LogP contribution >= 0.6 is 0 Å². The highest BCUT2D eigenvalue weighted by Gasteiger charge is 2.44. The standard InChI is InChI=1S/C20H25N3O3/c1-22-12-9-21-18(22)14-23-10-7-20(8-11-23,19(24)25)26-17-6-5-15-3-2-4-16(15)13-17/h5-6,9,12-13H,2-4,7-8,10-11,14H2,1H3,(H,24,25). The number of hydrogen-bond acceptors (Lipinski definition) is 4. The predicted octanol–water partition coefficient (Wildman–Crippen LogP) is 2.41. The summed E-state index contributed by atoms with van der Waals surface area (Å²) < 4.78 is 8.09. The number of nitrogens with zero attached hydrogens (tertiary/aromatic N) is 3. The molecule has 1 aliphatic carbocycles. The van der Waals surface area contributed by atoms with E-state index in [1.807, 2.05) is 29.9 Å². The van der Waals surface area contributed by atoms with Crippen LogP contribution in [0.5, 0.6) is 5.75 Å². The van der Waals surface area contributed by atoms with Crippen LogP contribution in [0.25, 0.3) is 0 Å². The Balaban J connectivity index is 1.45. The zero-order chi connectivity index (χ0) is 18.1. The van der Waals surface area contributed by atoms with Crippen molar-refractivity contribution in [3.8, 4) is 5.75 Å². The summed E-state index contributed by atoms with van der Waals surface area (Å²) in [4.78, 5) is 18.6. The van der Waals surface area contributed by atoms with E-state index in [9.17, 15) is 9.90 Å². The van der Waals surface area contributed by atoms with Gasteiger partial charge in [0.2, 0.25) is 5.60 Å². The van der Waals surface area contributed by atoms with E-state index < -0.39 is 11.6 Å². The van der Waals surface area contributed by atoms with Crippen LogP contribution in [-0.4, -0.2) is 44.2 Å². The fourth-order valence-corrected chi connectivity index (χ4v) is 4.02. The summed E-state index contributed by atoms with van der Waals surface area (Å²) in [6, 6.07) is 6.05. The van der Waals surface area contributed by atoms with Crippen LogP contribution in [0.3, 0.4) is 0 Å². The number of imidazole rings is 1. The Morgan fingerprint density at radius 3 is 2.73 bits per heavy atom. The van der Waals surface area contributed by atoms with Gasteiger partial charge in [0.05, 0.1) is 6.54 Å². The Hall–Kier alpha value is -2.34. The third-order valence-corrected chi connectivity index (χ3v) is 5.72. The van der Waals surface area contributed by atoms with Gasteiger partial charge in [0.15, 0.2) is 0 Å². The first kappa shape index (κ1) is 17.1. The summed E-state index contributed by atoms with van der Waals surface area (Å²) >= 11 is 0. The molecule has 6 nitrogen and oxygen atoms in total. The smallest absolute Gasteiger partial charge is 0.348 e. The third-order valence-electron chi connectivity index (χ3n) is 5.72. The molecule has 2 heterocycles. The second-order valence-corrected chi connectivity index (χ2v) is 7.42. The first-order valence-corrected chi connectivity index (χ1v) is 9.28. The van der Waals surface area contributed by atoms with Crippen LogP contribution in [0.4, 0.5) is 0 Å². The Bertz CT molecular complexity index is 806. The molecule has 2 aromatic rings. The molecule has 138 valence electrons. The highest BCUT2D eigenvalue weighted by atomic mass is 16.5. The molecule has 26 heavy (non-hydrogen) atoms. The van der Waals surface area contributed by atoms with Gasteiger partial charge in [-0.1, -0.05) is 6.07 Å². The molecule has 1 saturated heterocycles. The number of hydrogen-bond donors (Lipinski definition) is 1. The molecular formula is C20H25N3O3. The maximum absolute atomic E-state index is 12.0. The van der Waals surface area contributed by atoms with Gasteiger partial charge in [-0.15, -0.1) is 0 Å². The molecule has 0 saturated carbocycles. The van der Waals surface area contributed by atoms with Crippen molar-refractivity contribution < 1.29 is 14.6 Å². The van der Waals surface area contributed by atoms with Gasteiger partial charge in [-0.05, 0) is 42.5 Å². The number of aromatic nitrogens is 2. The van der Waals surface area contributed by atoms with Crippen molar-refractivity contribution in [3.05, 3.63) is 47.5 Å². The highest BCUT2D eigenvalue weighted by Crippen LogP contribution is 2.32. The maximum atomic E-state index is 12.0. The number of aryl methyl sites for hydroxylation is 3. The zero-order valence-electron chi connectivity index (χ0n) is 15.1. The number of carbonyl (C=O) groups is 1. The van der Waals surface area contributed by atoms with E-state index in [-0.39, 0.29) is 0 Å². The summed E-state index contributed by atoms with van der Waals surface area (Å²) in [5.41, 5.74) is 1.53. The van der Waals surface area contributed by atoms with Crippen molar-refractivity contribution in [2.75, 3.05) is 13.1 Å². The minimum Gasteiger partial charge on any atom is -0.478 e. The number of rotatable bonds is 5. The molecule has 1 N–H and O–H groups in total. The second kappa shape index (κ2) is 6.76. The van der Waals surface area contributed by atoms with E-state index in [0.29, 0.717) is 31.7 Å². The number of piperidine rings is 1. The summed E-state index contributed by atoms with van der Waals surface area (Å²) in [7, 11) is 1.98. The van der Waals surface area contributed by atoms with Crippen molar-refractivity contribution in [3.63, 3.8) is 0 Å². The van der Waals surface area contributed by atoms with E-state index in [1.54, 1.807) is 6.20 Å². The largest absolute Gasteiger partial charge is 0.478 e. The topological polar surface area (TPSA) is 67.6 Å². The van der Waals surface area contributed by atoms with Gasteiger partial charge in [-0.2, -0.15) is 0 Å². The average Bonchev–Trinajstić information content (AvgIpc) is 3.25. The molecule has 1 fully saturated rings. The minimum absolute atomic E-state index is 0.476. The van der Waals surface area contributed by atoms with Crippen molar-refractivity contribution >= 4 is 5.97 Å². The van der Waals surface area contributed by atoms with Crippen LogP contribution in [-0.2, 0) is 31.2 Å². The van der Waals surface area contributed by atoms with E-state index in [1.165, 1.54) is 17.5 Å². The Morgan fingerprint density at radius 2 is 2.04 bits per heavy atom. The Kier molecular flexibility index (Phi) is 4.44. The van der Waals surface area contributed by atoms with Crippen LogP contribution in [0.15, 0.2) is 30.6 Å². The van der Waals surface area contributed by atoms with Gasteiger partial charge in [-0.3, -0.25) is 4.90 Å². The molecule has 0 atom stereocenters. The Labute approximate surface area is 153 Å². The SMILES string of the molecule is Cn1ccnc1CN1CCC(Oc2ccc3c(c2)CCC3)(C(=O)O)CC1. The van der Waals surface area contributed by atoms with Gasteiger partial charge >= 0.3 is 5.97 Å².